The van der Waals surface area contributed by atoms with Crippen LogP contribution in [0.2, 0.25) is 5.02 Å². The maximum atomic E-state index is 12.0. The van der Waals surface area contributed by atoms with Crippen LogP contribution in [0.3, 0.4) is 0 Å². The zero-order valence-electron chi connectivity index (χ0n) is 11.4. The topological polar surface area (TPSA) is 64.6 Å². The summed E-state index contributed by atoms with van der Waals surface area (Å²) in [6.45, 7) is 2.26. The van der Waals surface area contributed by atoms with Crippen molar-refractivity contribution < 1.29 is 19.1 Å². The lowest BCUT2D eigenvalue weighted by atomic mass is 10.0. The van der Waals surface area contributed by atoms with Gasteiger partial charge in [0.05, 0.1) is 17.2 Å². The molecular weight excluding hydrogens is 314 g/mol. The van der Waals surface area contributed by atoms with Crippen molar-refractivity contribution in [2.24, 2.45) is 0 Å². The van der Waals surface area contributed by atoms with Gasteiger partial charge in [-0.15, -0.1) is 11.8 Å². The molecule has 2 aliphatic heterocycles. The molecule has 0 radical (unpaired) electrons. The largest absolute Gasteiger partial charge is 0.492 e. The van der Waals surface area contributed by atoms with Crippen molar-refractivity contribution in [1.29, 1.82) is 0 Å². The molecule has 1 aromatic rings. The summed E-state index contributed by atoms with van der Waals surface area (Å²) in [5, 5.41) is 2.60. The first-order chi connectivity index (χ1) is 10.1. The lowest BCUT2D eigenvalue weighted by Gasteiger charge is -2.24. The fraction of sp³-hybridized carbons (Fsp3) is 0.429. The molecule has 1 fully saturated rings. The number of rotatable bonds is 3. The summed E-state index contributed by atoms with van der Waals surface area (Å²) in [6, 6.07) is 1.88. The molecule has 1 unspecified atom stereocenters. The number of halogens is 1. The molecular formula is C14H14ClNO4S. The van der Waals surface area contributed by atoms with E-state index in [1.54, 1.807) is 11.8 Å². The molecule has 0 spiro atoms. The predicted octanol–water partition coefficient (Wildman–Crippen LogP) is 3.08. The Morgan fingerprint density at radius 2 is 2.33 bits per heavy atom. The van der Waals surface area contributed by atoms with Crippen LogP contribution in [0.1, 0.15) is 30.6 Å². The molecule has 2 heterocycles. The van der Waals surface area contributed by atoms with Gasteiger partial charge in [-0.3, -0.25) is 10.1 Å². The number of alkyl carbamates (subject to hydrolysis) is 1. The Balaban J connectivity index is 2.17. The quantitative estimate of drug-likeness (QED) is 0.924. The van der Waals surface area contributed by atoms with Crippen LogP contribution in [0.15, 0.2) is 11.0 Å². The van der Waals surface area contributed by atoms with Crippen molar-refractivity contribution >= 4 is 35.4 Å². The second kappa shape index (κ2) is 5.77. The lowest BCUT2D eigenvalue weighted by Crippen LogP contribution is -2.21. The fourth-order valence-electron chi connectivity index (χ4n) is 2.56. The van der Waals surface area contributed by atoms with Crippen molar-refractivity contribution in [3.8, 4) is 5.75 Å². The first-order valence-corrected chi connectivity index (χ1v) is 8.10. The zero-order valence-corrected chi connectivity index (χ0v) is 13.0. The summed E-state index contributed by atoms with van der Waals surface area (Å²) >= 11 is 7.95. The molecule has 2 aliphatic rings. The average Bonchev–Trinajstić information content (AvgIpc) is 2.78. The Kier molecular flexibility index (Phi) is 3.99. The van der Waals surface area contributed by atoms with Crippen LogP contribution in [0.25, 0.3) is 0 Å². The SMILES string of the molecule is CCOc1c(Cl)cc2c(c1C1OC(=O)NC1=O)SCCC2. The summed E-state index contributed by atoms with van der Waals surface area (Å²) in [5.74, 6) is 0.911. The van der Waals surface area contributed by atoms with E-state index in [1.807, 2.05) is 13.0 Å². The molecule has 21 heavy (non-hydrogen) atoms. The van der Waals surface area contributed by atoms with E-state index in [9.17, 15) is 9.59 Å². The fourth-order valence-corrected chi connectivity index (χ4v) is 4.04. The first kappa shape index (κ1) is 14.5. The smallest absolute Gasteiger partial charge is 0.415 e. The highest BCUT2D eigenvalue weighted by molar-refractivity contribution is 7.99. The first-order valence-electron chi connectivity index (χ1n) is 6.74. The number of hydrogen-bond acceptors (Lipinski definition) is 5. The molecule has 1 N–H and O–H groups in total. The van der Waals surface area contributed by atoms with Gasteiger partial charge in [-0.2, -0.15) is 0 Å². The van der Waals surface area contributed by atoms with Crippen LogP contribution in [-0.4, -0.2) is 24.4 Å². The van der Waals surface area contributed by atoms with Crippen molar-refractivity contribution in [3.05, 3.63) is 22.2 Å². The van der Waals surface area contributed by atoms with E-state index in [4.69, 9.17) is 21.1 Å². The number of fused-ring (bicyclic) bond motifs is 1. The monoisotopic (exact) mass is 327 g/mol. The standard InChI is InChI=1S/C14H14ClNO4S/c1-2-19-10-8(15)6-7-4-3-5-21-12(7)9(10)11-13(17)16-14(18)20-11/h6,11H,2-5H2,1H3,(H,16,17,18). The Morgan fingerprint density at radius 3 is 3.00 bits per heavy atom. The summed E-state index contributed by atoms with van der Waals surface area (Å²) in [5.41, 5.74) is 1.65. The maximum absolute atomic E-state index is 12.0. The van der Waals surface area contributed by atoms with Crippen LogP contribution in [0.5, 0.6) is 5.75 Å². The van der Waals surface area contributed by atoms with Crippen molar-refractivity contribution in [3.63, 3.8) is 0 Å². The number of amides is 2. The lowest BCUT2D eigenvalue weighted by molar-refractivity contribution is -0.123. The number of cyclic esters (lactones) is 1. The van der Waals surface area contributed by atoms with E-state index in [1.165, 1.54) is 0 Å². The third-order valence-corrected chi connectivity index (χ3v) is 4.92. The summed E-state index contributed by atoms with van der Waals surface area (Å²) in [4.78, 5) is 24.2. The van der Waals surface area contributed by atoms with Crippen LogP contribution in [-0.2, 0) is 16.0 Å². The van der Waals surface area contributed by atoms with Gasteiger partial charge in [0.25, 0.3) is 5.91 Å². The number of ether oxygens (including phenoxy) is 2. The number of aryl methyl sites for hydroxylation is 1. The summed E-state index contributed by atoms with van der Waals surface area (Å²) in [6.07, 6.45) is 0.223. The van der Waals surface area contributed by atoms with Gasteiger partial charge in [-0.25, -0.2) is 4.79 Å². The van der Waals surface area contributed by atoms with Crippen molar-refractivity contribution in [2.75, 3.05) is 12.4 Å². The highest BCUT2D eigenvalue weighted by Crippen LogP contribution is 2.46. The van der Waals surface area contributed by atoms with Crippen LogP contribution < -0.4 is 10.1 Å². The second-order valence-electron chi connectivity index (χ2n) is 4.75. The van der Waals surface area contributed by atoms with Crippen LogP contribution >= 0.6 is 23.4 Å². The van der Waals surface area contributed by atoms with E-state index >= 15 is 0 Å². The molecule has 1 atom stereocenters. The van der Waals surface area contributed by atoms with Gasteiger partial charge in [0.1, 0.15) is 5.75 Å². The van der Waals surface area contributed by atoms with E-state index in [0.717, 1.165) is 29.1 Å². The molecule has 2 amide bonds. The van der Waals surface area contributed by atoms with Gasteiger partial charge in [0.2, 0.25) is 6.10 Å². The van der Waals surface area contributed by atoms with E-state index in [0.29, 0.717) is 22.9 Å². The Hall–Kier alpha value is -1.40. The summed E-state index contributed by atoms with van der Waals surface area (Å²) in [7, 11) is 0. The van der Waals surface area contributed by atoms with Crippen LogP contribution in [0.4, 0.5) is 4.79 Å². The minimum atomic E-state index is -0.989. The highest BCUT2D eigenvalue weighted by Gasteiger charge is 2.39. The molecule has 1 saturated heterocycles. The normalized spacial score (nSPS) is 20.8. The number of carbonyl (C=O) groups excluding carboxylic acids is 2. The van der Waals surface area contributed by atoms with Gasteiger partial charge in [-0.05, 0) is 37.1 Å². The molecule has 7 heteroatoms. The number of nitrogens with one attached hydrogen (secondary N) is 1. The van der Waals surface area contributed by atoms with E-state index in [2.05, 4.69) is 5.32 Å². The second-order valence-corrected chi connectivity index (χ2v) is 6.26. The van der Waals surface area contributed by atoms with Gasteiger partial charge < -0.3 is 9.47 Å². The van der Waals surface area contributed by atoms with Gasteiger partial charge in [0.15, 0.2) is 0 Å². The maximum Gasteiger partial charge on any atom is 0.415 e. The molecule has 3 rings (SSSR count). The average molecular weight is 328 g/mol. The molecule has 0 aromatic heterocycles. The predicted molar refractivity (Wildman–Crippen MR) is 79.0 cm³/mol. The van der Waals surface area contributed by atoms with Gasteiger partial charge in [0, 0.05) is 4.90 Å². The Labute approximate surface area is 131 Å². The minimum Gasteiger partial charge on any atom is -0.492 e. The zero-order chi connectivity index (χ0) is 15.0. The van der Waals surface area contributed by atoms with Gasteiger partial charge in [-0.1, -0.05) is 11.6 Å². The number of imide groups is 1. The molecule has 5 nitrogen and oxygen atoms in total. The van der Waals surface area contributed by atoms with E-state index < -0.39 is 18.1 Å². The minimum absolute atomic E-state index is 0.415. The van der Waals surface area contributed by atoms with Crippen molar-refractivity contribution in [2.45, 2.75) is 30.8 Å². The number of carbonyl (C=O) groups is 2. The molecule has 0 aliphatic carbocycles. The highest BCUT2D eigenvalue weighted by atomic mass is 35.5. The Bertz CT molecular complexity index is 619. The number of hydrogen-bond donors (Lipinski definition) is 1. The molecule has 0 saturated carbocycles. The van der Waals surface area contributed by atoms with Gasteiger partial charge >= 0.3 is 6.09 Å². The number of benzene rings is 1. The van der Waals surface area contributed by atoms with Crippen LogP contribution in [0, 0.1) is 0 Å². The third kappa shape index (κ3) is 2.58. The number of thioether (sulfide) groups is 1. The van der Waals surface area contributed by atoms with E-state index in [-0.39, 0.29) is 0 Å². The van der Waals surface area contributed by atoms with Crippen molar-refractivity contribution in [1.82, 2.24) is 5.32 Å². The molecule has 0 bridgehead atoms. The Morgan fingerprint density at radius 1 is 1.52 bits per heavy atom. The molecule has 1 aromatic carbocycles. The summed E-state index contributed by atoms with van der Waals surface area (Å²) < 4.78 is 10.7. The molecule has 112 valence electrons. The third-order valence-electron chi connectivity index (χ3n) is 3.37.